The zero-order valence-corrected chi connectivity index (χ0v) is 17.8. The largest absolute Gasteiger partial charge is 0.497 e. The van der Waals surface area contributed by atoms with E-state index in [1.54, 1.807) is 24.1 Å². The monoisotopic (exact) mass is 427 g/mol. The van der Waals surface area contributed by atoms with Crippen molar-refractivity contribution in [1.82, 2.24) is 9.88 Å². The summed E-state index contributed by atoms with van der Waals surface area (Å²) in [6.45, 7) is 4.50. The molecule has 0 atom stereocenters. The van der Waals surface area contributed by atoms with Crippen molar-refractivity contribution in [2.45, 2.75) is 0 Å². The molecule has 158 valence electrons. The van der Waals surface area contributed by atoms with Crippen LogP contribution in [0.5, 0.6) is 11.5 Å². The molecule has 1 aliphatic rings. The maximum atomic E-state index is 13.1. The molecule has 1 aliphatic heterocycles. The second-order valence-corrected chi connectivity index (χ2v) is 7.94. The lowest BCUT2D eigenvalue weighted by atomic mass is 10.3. The molecule has 0 aliphatic carbocycles. The quantitative estimate of drug-likeness (QED) is 0.551. The van der Waals surface area contributed by atoms with Gasteiger partial charge in [0.2, 0.25) is 0 Å². The third kappa shape index (κ3) is 5.08. The van der Waals surface area contributed by atoms with Crippen molar-refractivity contribution in [3.8, 4) is 11.5 Å². The number of nitrogens with zero attached hydrogens (tertiary/aromatic N) is 3. The van der Waals surface area contributed by atoms with E-state index in [-0.39, 0.29) is 12.5 Å². The Kier molecular flexibility index (Phi) is 6.78. The summed E-state index contributed by atoms with van der Waals surface area (Å²) in [6.07, 6.45) is 0. The number of anilines is 1. The number of morpholine rings is 1. The molecule has 7 nitrogen and oxygen atoms in total. The zero-order chi connectivity index (χ0) is 20.8. The van der Waals surface area contributed by atoms with Gasteiger partial charge < -0.3 is 14.2 Å². The number of methoxy groups -OCH3 is 1. The second kappa shape index (κ2) is 9.88. The first-order chi connectivity index (χ1) is 14.7. The third-order valence-corrected chi connectivity index (χ3v) is 6.04. The van der Waals surface area contributed by atoms with E-state index in [0.29, 0.717) is 17.4 Å². The first-order valence-corrected chi connectivity index (χ1v) is 10.8. The fraction of sp³-hybridized carbons (Fsp3) is 0.364. The highest BCUT2D eigenvalue weighted by Crippen LogP contribution is 2.29. The first-order valence-electron chi connectivity index (χ1n) is 9.96. The minimum Gasteiger partial charge on any atom is -0.497 e. The smallest absolute Gasteiger partial charge is 0.266 e. The number of amides is 1. The summed E-state index contributed by atoms with van der Waals surface area (Å²) in [4.78, 5) is 21.8. The summed E-state index contributed by atoms with van der Waals surface area (Å²) in [6, 6.07) is 15.1. The molecular formula is C22H25N3O4S. The van der Waals surface area contributed by atoms with Crippen LogP contribution in [0.25, 0.3) is 10.2 Å². The van der Waals surface area contributed by atoms with Crippen molar-refractivity contribution in [2.75, 3.05) is 58.0 Å². The van der Waals surface area contributed by atoms with E-state index in [4.69, 9.17) is 14.2 Å². The Morgan fingerprint density at radius 1 is 1.13 bits per heavy atom. The summed E-state index contributed by atoms with van der Waals surface area (Å²) in [5.74, 6) is 1.26. The molecule has 0 unspecified atom stereocenters. The zero-order valence-electron chi connectivity index (χ0n) is 17.0. The number of ether oxygens (including phenoxy) is 3. The number of carbonyl (C=O) groups is 1. The van der Waals surface area contributed by atoms with Gasteiger partial charge >= 0.3 is 0 Å². The summed E-state index contributed by atoms with van der Waals surface area (Å²) < 4.78 is 17.4. The van der Waals surface area contributed by atoms with E-state index in [1.165, 1.54) is 11.3 Å². The molecule has 0 radical (unpaired) electrons. The van der Waals surface area contributed by atoms with E-state index < -0.39 is 0 Å². The van der Waals surface area contributed by atoms with E-state index >= 15 is 0 Å². The number of carbonyl (C=O) groups excluding carboxylic acids is 1. The van der Waals surface area contributed by atoms with Crippen molar-refractivity contribution in [1.29, 1.82) is 0 Å². The number of hydrogen-bond acceptors (Lipinski definition) is 7. The molecule has 2 aromatic carbocycles. The number of para-hydroxylation sites is 1. The Morgan fingerprint density at radius 3 is 2.60 bits per heavy atom. The molecule has 0 N–H and O–H groups in total. The maximum absolute atomic E-state index is 13.1. The van der Waals surface area contributed by atoms with E-state index in [0.717, 1.165) is 48.8 Å². The van der Waals surface area contributed by atoms with E-state index in [2.05, 4.69) is 9.88 Å². The molecule has 0 saturated carbocycles. The van der Waals surface area contributed by atoms with Crippen LogP contribution in [-0.2, 0) is 9.53 Å². The van der Waals surface area contributed by atoms with Crippen LogP contribution < -0.4 is 14.4 Å². The lowest BCUT2D eigenvalue weighted by Crippen LogP contribution is -2.44. The van der Waals surface area contributed by atoms with E-state index in [1.807, 2.05) is 36.4 Å². The summed E-state index contributed by atoms with van der Waals surface area (Å²) >= 11 is 1.53. The van der Waals surface area contributed by atoms with Crippen LogP contribution in [-0.4, -0.2) is 68.9 Å². The summed E-state index contributed by atoms with van der Waals surface area (Å²) in [5, 5.41) is 0.702. The summed E-state index contributed by atoms with van der Waals surface area (Å²) in [5.41, 5.74) is 0.901. The molecule has 0 spiro atoms. The van der Waals surface area contributed by atoms with Crippen LogP contribution >= 0.6 is 11.3 Å². The van der Waals surface area contributed by atoms with Gasteiger partial charge in [-0.1, -0.05) is 23.5 Å². The van der Waals surface area contributed by atoms with Crippen molar-refractivity contribution < 1.29 is 19.0 Å². The van der Waals surface area contributed by atoms with Crippen LogP contribution in [0.4, 0.5) is 5.13 Å². The molecule has 30 heavy (non-hydrogen) atoms. The predicted octanol–water partition coefficient (Wildman–Crippen LogP) is 3.05. The SMILES string of the molecule is COc1ccc(OCC(=O)N(CCN2CCOCC2)c2nc3ccccc3s2)cc1. The van der Waals surface area contributed by atoms with Gasteiger partial charge in [0.15, 0.2) is 11.7 Å². The Bertz CT molecular complexity index is 937. The minimum atomic E-state index is -0.113. The number of fused-ring (bicyclic) bond motifs is 1. The Hall–Kier alpha value is -2.68. The van der Waals surface area contributed by atoms with Crippen LogP contribution in [0.3, 0.4) is 0 Å². The highest BCUT2D eigenvalue weighted by Gasteiger charge is 2.22. The fourth-order valence-corrected chi connectivity index (χ4v) is 4.27. The Balaban J connectivity index is 1.46. The minimum absolute atomic E-state index is 0.0502. The highest BCUT2D eigenvalue weighted by molar-refractivity contribution is 7.22. The molecular weight excluding hydrogens is 402 g/mol. The third-order valence-electron chi connectivity index (χ3n) is 4.98. The number of hydrogen-bond donors (Lipinski definition) is 0. The van der Waals surface area contributed by atoms with Crippen molar-refractivity contribution in [3.05, 3.63) is 48.5 Å². The lowest BCUT2D eigenvalue weighted by molar-refractivity contribution is -0.120. The number of aromatic nitrogens is 1. The molecule has 1 saturated heterocycles. The van der Waals surface area contributed by atoms with Crippen LogP contribution in [0.2, 0.25) is 0 Å². The lowest BCUT2D eigenvalue weighted by Gasteiger charge is -2.29. The van der Waals surface area contributed by atoms with Crippen LogP contribution in [0.15, 0.2) is 48.5 Å². The molecule has 1 amide bonds. The van der Waals surface area contributed by atoms with Crippen molar-refractivity contribution >= 4 is 32.6 Å². The summed E-state index contributed by atoms with van der Waals surface area (Å²) in [7, 11) is 1.61. The molecule has 0 bridgehead atoms. The molecule has 4 rings (SSSR count). The van der Waals surface area contributed by atoms with Gasteiger partial charge in [0.05, 0.1) is 30.5 Å². The normalized spacial score (nSPS) is 14.6. The van der Waals surface area contributed by atoms with Gasteiger partial charge in [0, 0.05) is 26.2 Å². The van der Waals surface area contributed by atoms with Gasteiger partial charge in [0.25, 0.3) is 5.91 Å². The molecule has 3 aromatic rings. The van der Waals surface area contributed by atoms with Crippen molar-refractivity contribution in [3.63, 3.8) is 0 Å². The number of benzene rings is 2. The van der Waals surface area contributed by atoms with Gasteiger partial charge in [-0.2, -0.15) is 0 Å². The molecule has 2 heterocycles. The first kappa shape index (κ1) is 20.6. The highest BCUT2D eigenvalue weighted by atomic mass is 32.1. The van der Waals surface area contributed by atoms with E-state index in [9.17, 15) is 4.79 Å². The number of rotatable bonds is 8. The topological polar surface area (TPSA) is 64.1 Å². The standard InChI is InChI=1S/C22H25N3O4S/c1-27-17-6-8-18(9-7-17)29-16-21(26)25(11-10-24-12-14-28-15-13-24)22-23-19-4-2-3-5-20(19)30-22/h2-9H,10-16H2,1H3. The molecule has 8 heteroatoms. The number of thiazole rings is 1. The Labute approximate surface area is 179 Å². The Morgan fingerprint density at radius 2 is 1.87 bits per heavy atom. The van der Waals surface area contributed by atoms with Gasteiger partial charge in [-0.25, -0.2) is 4.98 Å². The molecule has 1 fully saturated rings. The maximum Gasteiger partial charge on any atom is 0.266 e. The average molecular weight is 428 g/mol. The van der Waals surface area contributed by atoms with Gasteiger partial charge in [-0.3, -0.25) is 14.6 Å². The van der Waals surface area contributed by atoms with Crippen LogP contribution in [0, 0.1) is 0 Å². The van der Waals surface area contributed by atoms with Gasteiger partial charge in [-0.05, 0) is 36.4 Å². The van der Waals surface area contributed by atoms with Crippen molar-refractivity contribution in [2.24, 2.45) is 0 Å². The molecule has 1 aromatic heterocycles. The second-order valence-electron chi connectivity index (χ2n) is 6.93. The van der Waals surface area contributed by atoms with Gasteiger partial charge in [-0.15, -0.1) is 0 Å². The van der Waals surface area contributed by atoms with Gasteiger partial charge in [0.1, 0.15) is 11.5 Å². The predicted molar refractivity (Wildman–Crippen MR) is 118 cm³/mol. The fourth-order valence-electron chi connectivity index (χ4n) is 3.26. The van der Waals surface area contributed by atoms with Crippen LogP contribution in [0.1, 0.15) is 0 Å². The average Bonchev–Trinajstić information content (AvgIpc) is 3.22.